The smallest absolute Gasteiger partial charge is 0.235 e. The van der Waals surface area contributed by atoms with Gasteiger partial charge in [0.05, 0.1) is 14.2 Å². The topological polar surface area (TPSA) is 90.2 Å². The van der Waals surface area contributed by atoms with Gasteiger partial charge in [-0.15, -0.1) is 10.2 Å². The third kappa shape index (κ3) is 3.25. The zero-order valence-electron chi connectivity index (χ0n) is 15.6. The Hall–Kier alpha value is -2.94. The van der Waals surface area contributed by atoms with Gasteiger partial charge < -0.3 is 9.47 Å². The zero-order chi connectivity index (χ0) is 19.0. The van der Waals surface area contributed by atoms with Gasteiger partial charge in [-0.2, -0.15) is 14.7 Å². The maximum Gasteiger partial charge on any atom is 0.235 e. The molecule has 140 valence electrons. The summed E-state index contributed by atoms with van der Waals surface area (Å²) in [7, 11) is 3.21. The summed E-state index contributed by atoms with van der Waals surface area (Å²) in [6, 6.07) is 7.66. The molecule has 0 saturated heterocycles. The molecule has 0 spiro atoms. The van der Waals surface area contributed by atoms with Crippen LogP contribution in [0.15, 0.2) is 24.3 Å². The summed E-state index contributed by atoms with van der Waals surface area (Å²) in [5.41, 5.74) is 2.77. The first-order valence-corrected chi connectivity index (χ1v) is 9.40. The number of aromatic amines is 1. The second-order valence-corrected chi connectivity index (χ2v) is 7.53. The summed E-state index contributed by atoms with van der Waals surface area (Å²) < 4.78 is 12.4. The first kappa shape index (κ1) is 17.5. The van der Waals surface area contributed by atoms with Gasteiger partial charge in [-0.1, -0.05) is 25.2 Å². The highest BCUT2D eigenvalue weighted by Crippen LogP contribution is 2.33. The molecule has 0 aliphatic heterocycles. The Morgan fingerprint density at radius 1 is 1.11 bits per heavy atom. The van der Waals surface area contributed by atoms with E-state index in [1.165, 1.54) is 11.3 Å². The minimum absolute atomic E-state index is 0.563. The van der Waals surface area contributed by atoms with Crippen LogP contribution < -0.4 is 9.47 Å². The summed E-state index contributed by atoms with van der Waals surface area (Å²) in [5.74, 6) is 2.50. The van der Waals surface area contributed by atoms with Gasteiger partial charge in [-0.25, -0.2) is 0 Å². The second kappa shape index (κ2) is 6.99. The summed E-state index contributed by atoms with van der Waals surface area (Å²) in [5, 5.41) is 21.5. The van der Waals surface area contributed by atoms with Crippen molar-refractivity contribution in [2.75, 3.05) is 14.2 Å². The molecular formula is C18H20N6O2S. The van der Waals surface area contributed by atoms with Crippen LogP contribution in [-0.2, 0) is 6.42 Å². The van der Waals surface area contributed by atoms with Crippen molar-refractivity contribution in [1.29, 1.82) is 0 Å². The quantitative estimate of drug-likeness (QED) is 0.547. The minimum Gasteiger partial charge on any atom is -0.493 e. The van der Waals surface area contributed by atoms with E-state index in [0.717, 1.165) is 28.4 Å². The average Bonchev–Trinajstić information content (AvgIpc) is 3.35. The normalized spacial score (nSPS) is 11.4. The molecule has 4 rings (SSSR count). The van der Waals surface area contributed by atoms with Crippen LogP contribution in [0.4, 0.5) is 0 Å². The maximum atomic E-state index is 5.38. The van der Waals surface area contributed by atoms with E-state index in [0.29, 0.717) is 28.2 Å². The third-order valence-corrected chi connectivity index (χ3v) is 5.03. The van der Waals surface area contributed by atoms with Crippen LogP contribution in [0.2, 0.25) is 0 Å². The van der Waals surface area contributed by atoms with E-state index in [2.05, 4.69) is 39.3 Å². The van der Waals surface area contributed by atoms with Crippen molar-refractivity contribution in [3.63, 3.8) is 0 Å². The number of rotatable bonds is 6. The summed E-state index contributed by atoms with van der Waals surface area (Å²) in [6.07, 6.45) is 0.952. The van der Waals surface area contributed by atoms with Crippen molar-refractivity contribution in [2.24, 2.45) is 5.92 Å². The lowest BCUT2D eigenvalue weighted by molar-refractivity contribution is 0.355. The monoisotopic (exact) mass is 384 g/mol. The van der Waals surface area contributed by atoms with Crippen molar-refractivity contribution in [3.05, 3.63) is 30.0 Å². The molecule has 27 heavy (non-hydrogen) atoms. The molecule has 0 amide bonds. The van der Waals surface area contributed by atoms with Crippen LogP contribution in [0, 0.1) is 5.92 Å². The van der Waals surface area contributed by atoms with E-state index in [9.17, 15) is 0 Å². The van der Waals surface area contributed by atoms with E-state index in [1.807, 2.05) is 24.3 Å². The lowest BCUT2D eigenvalue weighted by Crippen LogP contribution is -1.94. The third-order valence-electron chi connectivity index (χ3n) is 4.11. The number of nitrogens with one attached hydrogen (secondary N) is 1. The predicted octanol–water partition coefficient (Wildman–Crippen LogP) is 3.46. The van der Waals surface area contributed by atoms with Gasteiger partial charge in [0.15, 0.2) is 22.3 Å². The van der Waals surface area contributed by atoms with E-state index in [-0.39, 0.29) is 0 Å². The highest BCUT2D eigenvalue weighted by atomic mass is 32.1. The molecular weight excluding hydrogens is 364 g/mol. The van der Waals surface area contributed by atoms with Gasteiger partial charge in [-0.05, 0) is 36.6 Å². The molecule has 0 aliphatic rings. The Morgan fingerprint density at radius 3 is 2.67 bits per heavy atom. The van der Waals surface area contributed by atoms with Crippen molar-refractivity contribution in [2.45, 2.75) is 20.3 Å². The summed E-state index contributed by atoms with van der Waals surface area (Å²) >= 11 is 1.46. The summed E-state index contributed by atoms with van der Waals surface area (Å²) in [4.78, 5) is 0.711. The van der Waals surface area contributed by atoms with E-state index < -0.39 is 0 Å². The number of hydrogen-bond acceptors (Lipinski definition) is 7. The molecule has 1 aromatic carbocycles. The highest BCUT2D eigenvalue weighted by molar-refractivity contribution is 7.19. The number of hydrogen-bond donors (Lipinski definition) is 1. The van der Waals surface area contributed by atoms with E-state index >= 15 is 0 Å². The fourth-order valence-corrected chi connectivity index (χ4v) is 3.69. The molecule has 4 aromatic rings. The lowest BCUT2D eigenvalue weighted by Gasteiger charge is -2.08. The Morgan fingerprint density at radius 2 is 1.93 bits per heavy atom. The Labute approximate surface area is 160 Å². The van der Waals surface area contributed by atoms with Crippen LogP contribution in [0.3, 0.4) is 0 Å². The van der Waals surface area contributed by atoms with Crippen molar-refractivity contribution < 1.29 is 9.47 Å². The largest absolute Gasteiger partial charge is 0.493 e. The van der Waals surface area contributed by atoms with Crippen molar-refractivity contribution >= 4 is 16.3 Å². The molecule has 0 unspecified atom stereocenters. The first-order chi connectivity index (χ1) is 13.1. The van der Waals surface area contributed by atoms with Gasteiger partial charge in [0, 0.05) is 11.3 Å². The predicted molar refractivity (Wildman–Crippen MR) is 103 cm³/mol. The van der Waals surface area contributed by atoms with Crippen LogP contribution in [0.5, 0.6) is 11.5 Å². The number of aromatic nitrogens is 6. The molecule has 0 saturated carbocycles. The van der Waals surface area contributed by atoms with Crippen LogP contribution in [0.25, 0.3) is 27.1 Å². The van der Waals surface area contributed by atoms with Gasteiger partial charge >= 0.3 is 0 Å². The molecule has 9 heteroatoms. The van der Waals surface area contributed by atoms with E-state index in [4.69, 9.17) is 9.47 Å². The molecule has 1 N–H and O–H groups in total. The number of benzene rings is 1. The van der Waals surface area contributed by atoms with Gasteiger partial charge in [-0.3, -0.25) is 5.10 Å². The maximum absolute atomic E-state index is 5.38. The van der Waals surface area contributed by atoms with Crippen LogP contribution in [0.1, 0.15) is 19.5 Å². The fourth-order valence-electron chi connectivity index (χ4n) is 2.89. The number of fused-ring (bicyclic) bond motifs is 1. The van der Waals surface area contributed by atoms with Gasteiger partial charge in [0.25, 0.3) is 0 Å². The highest BCUT2D eigenvalue weighted by Gasteiger charge is 2.17. The SMILES string of the molecule is COc1ccc(-c2nnc3sc(-c4cc(CC(C)C)[nH]n4)nn23)cc1OC. The molecule has 0 aliphatic carbocycles. The Bertz CT molecular complexity index is 1080. The molecule has 0 radical (unpaired) electrons. The molecule has 3 heterocycles. The second-order valence-electron chi connectivity index (χ2n) is 6.57. The lowest BCUT2D eigenvalue weighted by atomic mass is 10.1. The number of H-pyrrole nitrogens is 1. The Kier molecular flexibility index (Phi) is 4.53. The van der Waals surface area contributed by atoms with Crippen LogP contribution in [-0.4, -0.2) is 44.2 Å². The van der Waals surface area contributed by atoms with Gasteiger partial charge in [0.2, 0.25) is 4.96 Å². The molecule has 0 bridgehead atoms. The molecule has 0 fully saturated rings. The zero-order valence-corrected chi connectivity index (χ0v) is 16.4. The number of methoxy groups -OCH3 is 2. The average molecular weight is 384 g/mol. The van der Waals surface area contributed by atoms with E-state index in [1.54, 1.807) is 18.7 Å². The first-order valence-electron chi connectivity index (χ1n) is 8.58. The number of nitrogens with zero attached hydrogens (tertiary/aromatic N) is 5. The standard InChI is InChI=1S/C18H20N6O2S/c1-10(2)7-12-9-13(20-19-12)17-23-24-16(21-22-18(24)27-17)11-5-6-14(25-3)15(8-11)26-4/h5-6,8-10H,7H2,1-4H3,(H,19,20). The minimum atomic E-state index is 0.563. The Balaban J connectivity index is 1.71. The molecule has 3 aromatic heterocycles. The molecule has 8 nitrogen and oxygen atoms in total. The van der Waals surface area contributed by atoms with Crippen molar-refractivity contribution in [1.82, 2.24) is 30.0 Å². The van der Waals surface area contributed by atoms with Crippen molar-refractivity contribution in [3.8, 4) is 33.6 Å². The summed E-state index contributed by atoms with van der Waals surface area (Å²) in [6.45, 7) is 4.36. The molecule has 0 atom stereocenters. The van der Waals surface area contributed by atoms with Crippen LogP contribution >= 0.6 is 11.3 Å². The fraction of sp³-hybridized carbons (Fsp3) is 0.333. The number of ether oxygens (including phenoxy) is 2. The van der Waals surface area contributed by atoms with Gasteiger partial charge in [0.1, 0.15) is 5.69 Å².